The molecule has 3 heteroatoms. The van der Waals surface area contributed by atoms with Gasteiger partial charge in [-0.15, -0.1) is 0 Å². The maximum atomic E-state index is 5.16. The predicted molar refractivity (Wildman–Crippen MR) is 73.1 cm³/mol. The largest absolute Gasteiger partial charge is 0.473 e. The maximum Gasteiger partial charge on any atom is 0.273 e. The first-order valence-electron chi connectivity index (χ1n) is 5.62. The molecule has 0 aliphatic heterocycles. The number of nitrogens with zero attached hydrogens (tertiary/aromatic N) is 1. The highest BCUT2D eigenvalue weighted by atomic mass is 32.1. The first-order valence-corrected chi connectivity index (χ1v) is 6.50. The van der Waals surface area contributed by atoms with Gasteiger partial charge in [0.2, 0.25) is 0 Å². The molecule has 0 bridgehead atoms. The van der Waals surface area contributed by atoms with E-state index >= 15 is 0 Å². The van der Waals surface area contributed by atoms with E-state index < -0.39 is 0 Å². The van der Waals surface area contributed by atoms with Crippen molar-refractivity contribution in [2.45, 2.75) is 27.7 Å². The molecule has 0 saturated heterocycles. The quantitative estimate of drug-likeness (QED) is 0.798. The molecule has 1 heterocycles. The Morgan fingerprint density at radius 1 is 1.06 bits per heavy atom. The number of hydrogen-bond donors (Lipinski definition) is 0. The summed E-state index contributed by atoms with van der Waals surface area (Å²) in [6.45, 7) is 8.61. The minimum Gasteiger partial charge on any atom is -0.473 e. The highest BCUT2D eigenvalue weighted by Crippen LogP contribution is 2.33. The first-order chi connectivity index (χ1) is 8.04. The van der Waals surface area contributed by atoms with Crippen LogP contribution in [0.3, 0.4) is 0 Å². The molecule has 1 aromatic carbocycles. The van der Waals surface area contributed by atoms with Gasteiger partial charge in [-0.05, 0) is 49.9 Å². The fourth-order valence-electron chi connectivity index (χ4n) is 2.07. The summed E-state index contributed by atoms with van der Waals surface area (Å²) in [6, 6.07) is 2.23. The molecule has 0 N–H and O–H groups in total. The Labute approximate surface area is 106 Å². The molecule has 0 fully saturated rings. The van der Waals surface area contributed by atoms with Crippen LogP contribution in [0.2, 0.25) is 0 Å². The van der Waals surface area contributed by atoms with Crippen LogP contribution in [0, 0.1) is 27.7 Å². The second-order valence-electron chi connectivity index (χ2n) is 4.34. The lowest BCUT2D eigenvalue weighted by molar-refractivity contribution is 0.412. The fourth-order valence-corrected chi connectivity index (χ4v) is 2.70. The van der Waals surface area contributed by atoms with E-state index in [4.69, 9.17) is 4.74 Å². The zero-order valence-electron chi connectivity index (χ0n) is 10.9. The van der Waals surface area contributed by atoms with E-state index in [1.54, 1.807) is 18.4 Å². The highest BCUT2D eigenvalue weighted by Gasteiger charge is 2.13. The molecule has 0 aliphatic rings. The molecule has 0 aliphatic carbocycles. The number of ether oxygens (including phenoxy) is 1. The van der Waals surface area contributed by atoms with E-state index in [2.05, 4.69) is 44.1 Å². The molecule has 1 aromatic heterocycles. The third-order valence-electron chi connectivity index (χ3n) is 3.28. The van der Waals surface area contributed by atoms with Gasteiger partial charge in [-0.3, -0.25) is 0 Å². The molecule has 2 nitrogen and oxygen atoms in total. The number of aryl methyl sites for hydroxylation is 2. The second-order valence-corrected chi connectivity index (χ2v) is 5.16. The molecule has 90 valence electrons. The Kier molecular flexibility index (Phi) is 3.20. The Bertz CT molecular complexity index is 531. The second kappa shape index (κ2) is 4.49. The van der Waals surface area contributed by atoms with Gasteiger partial charge in [0, 0.05) is 10.9 Å². The van der Waals surface area contributed by atoms with E-state index in [1.807, 2.05) is 0 Å². The average molecular weight is 247 g/mol. The molecule has 0 atom stereocenters. The Morgan fingerprint density at radius 2 is 1.65 bits per heavy atom. The molecule has 17 heavy (non-hydrogen) atoms. The lowest BCUT2D eigenvalue weighted by Gasteiger charge is -2.13. The normalized spacial score (nSPS) is 10.6. The third kappa shape index (κ3) is 2.07. The standard InChI is InChI=1S/C14H17NOS/c1-8-6-9(2)11(4)13(10(8)3)12-7-17-14(15-12)16-5/h6-7H,1-5H3. The zero-order valence-corrected chi connectivity index (χ0v) is 11.7. The van der Waals surface area contributed by atoms with Gasteiger partial charge >= 0.3 is 0 Å². The maximum absolute atomic E-state index is 5.16. The van der Waals surface area contributed by atoms with Gasteiger partial charge in [-0.25, -0.2) is 4.98 Å². The van der Waals surface area contributed by atoms with Crippen molar-refractivity contribution >= 4 is 11.3 Å². The van der Waals surface area contributed by atoms with Crippen molar-refractivity contribution in [2.24, 2.45) is 0 Å². The monoisotopic (exact) mass is 247 g/mol. The highest BCUT2D eigenvalue weighted by molar-refractivity contribution is 7.11. The summed E-state index contributed by atoms with van der Waals surface area (Å²) < 4.78 is 5.16. The van der Waals surface area contributed by atoms with Crippen LogP contribution in [0.4, 0.5) is 0 Å². The predicted octanol–water partition coefficient (Wildman–Crippen LogP) is 4.05. The molecular formula is C14H17NOS. The number of aromatic nitrogens is 1. The zero-order chi connectivity index (χ0) is 12.6. The Hall–Kier alpha value is -1.35. The van der Waals surface area contributed by atoms with Crippen molar-refractivity contribution in [3.63, 3.8) is 0 Å². The van der Waals surface area contributed by atoms with Crippen LogP contribution < -0.4 is 4.74 Å². The number of hydrogen-bond acceptors (Lipinski definition) is 3. The molecule has 2 aromatic rings. The summed E-state index contributed by atoms with van der Waals surface area (Å²) in [5.41, 5.74) is 7.52. The number of benzene rings is 1. The van der Waals surface area contributed by atoms with E-state index in [9.17, 15) is 0 Å². The molecule has 0 unspecified atom stereocenters. The minimum atomic E-state index is 0.720. The topological polar surface area (TPSA) is 22.1 Å². The van der Waals surface area contributed by atoms with Crippen molar-refractivity contribution in [3.05, 3.63) is 33.7 Å². The average Bonchev–Trinajstić information content (AvgIpc) is 2.75. The molecule has 0 amide bonds. The lowest BCUT2D eigenvalue weighted by Crippen LogP contribution is -1.95. The van der Waals surface area contributed by atoms with Crippen molar-refractivity contribution in [3.8, 4) is 16.5 Å². The van der Waals surface area contributed by atoms with Gasteiger partial charge in [0.25, 0.3) is 5.19 Å². The molecule has 0 radical (unpaired) electrons. The van der Waals surface area contributed by atoms with Crippen molar-refractivity contribution < 1.29 is 4.74 Å². The molecule has 2 rings (SSSR count). The lowest BCUT2D eigenvalue weighted by atomic mass is 9.93. The van der Waals surface area contributed by atoms with Crippen LogP contribution >= 0.6 is 11.3 Å². The van der Waals surface area contributed by atoms with Crippen molar-refractivity contribution in [1.82, 2.24) is 4.98 Å². The van der Waals surface area contributed by atoms with Gasteiger partial charge in [0.15, 0.2) is 0 Å². The van der Waals surface area contributed by atoms with Crippen molar-refractivity contribution in [1.29, 1.82) is 0 Å². The number of methoxy groups -OCH3 is 1. The summed E-state index contributed by atoms with van der Waals surface area (Å²) in [5, 5.41) is 2.78. The van der Waals surface area contributed by atoms with Gasteiger partial charge in [0.1, 0.15) is 0 Å². The molecular weight excluding hydrogens is 230 g/mol. The van der Waals surface area contributed by atoms with Crippen LogP contribution in [-0.4, -0.2) is 12.1 Å². The summed E-state index contributed by atoms with van der Waals surface area (Å²) in [4.78, 5) is 4.50. The fraction of sp³-hybridized carbons (Fsp3) is 0.357. The number of thiazole rings is 1. The summed E-state index contributed by atoms with van der Waals surface area (Å²) >= 11 is 1.54. The van der Waals surface area contributed by atoms with E-state index in [0.717, 1.165) is 10.9 Å². The van der Waals surface area contributed by atoms with Gasteiger partial charge in [-0.2, -0.15) is 0 Å². The summed E-state index contributed by atoms with van der Waals surface area (Å²) in [7, 11) is 1.66. The summed E-state index contributed by atoms with van der Waals surface area (Å²) in [6.07, 6.45) is 0. The van der Waals surface area contributed by atoms with E-state index in [-0.39, 0.29) is 0 Å². The van der Waals surface area contributed by atoms with Gasteiger partial charge in [0.05, 0.1) is 12.8 Å². The summed E-state index contributed by atoms with van der Waals surface area (Å²) in [5.74, 6) is 0. The Morgan fingerprint density at radius 3 is 2.12 bits per heavy atom. The van der Waals surface area contributed by atoms with Crippen LogP contribution in [0.1, 0.15) is 22.3 Å². The Balaban J connectivity index is 2.65. The third-order valence-corrected chi connectivity index (χ3v) is 4.08. The van der Waals surface area contributed by atoms with Crippen LogP contribution in [0.5, 0.6) is 5.19 Å². The number of rotatable bonds is 2. The molecule has 0 spiro atoms. The van der Waals surface area contributed by atoms with E-state index in [0.29, 0.717) is 0 Å². The van der Waals surface area contributed by atoms with E-state index in [1.165, 1.54) is 27.8 Å². The minimum absolute atomic E-state index is 0.720. The van der Waals surface area contributed by atoms with Gasteiger partial charge < -0.3 is 4.74 Å². The van der Waals surface area contributed by atoms with Crippen molar-refractivity contribution in [2.75, 3.05) is 7.11 Å². The van der Waals surface area contributed by atoms with Gasteiger partial charge in [-0.1, -0.05) is 17.4 Å². The van der Waals surface area contributed by atoms with Crippen LogP contribution in [0.25, 0.3) is 11.3 Å². The van der Waals surface area contributed by atoms with Crippen LogP contribution in [-0.2, 0) is 0 Å². The smallest absolute Gasteiger partial charge is 0.273 e. The SMILES string of the molecule is COc1nc(-c2c(C)c(C)cc(C)c2C)cs1. The van der Waals surface area contributed by atoms with Crippen LogP contribution in [0.15, 0.2) is 11.4 Å². The molecule has 0 saturated carbocycles. The first kappa shape index (κ1) is 12.1.